The standard InChI is InChI=1S/C20H23NO3/c1-2-23-20(22)13-11-17-10-12-19(18(21)15-17)24-14-6-9-16-7-4-3-5-8-16/h3-5,7-8,10-13,15H,2,6,9,14,21H2,1H3. The van der Waals surface area contributed by atoms with Crippen LogP contribution >= 0.6 is 0 Å². The quantitative estimate of drug-likeness (QED) is 0.346. The first-order valence-corrected chi connectivity index (χ1v) is 8.10. The summed E-state index contributed by atoms with van der Waals surface area (Å²) in [4.78, 5) is 11.3. The van der Waals surface area contributed by atoms with Crippen LogP contribution < -0.4 is 10.5 Å². The summed E-state index contributed by atoms with van der Waals surface area (Å²) in [6.07, 6.45) is 4.96. The second-order valence-corrected chi connectivity index (χ2v) is 5.32. The average molecular weight is 325 g/mol. The van der Waals surface area contributed by atoms with Crippen LogP contribution in [0.3, 0.4) is 0 Å². The highest BCUT2D eigenvalue weighted by atomic mass is 16.5. The molecule has 0 fully saturated rings. The number of ether oxygens (including phenoxy) is 2. The minimum absolute atomic E-state index is 0.362. The van der Waals surface area contributed by atoms with Crippen LogP contribution in [0.5, 0.6) is 5.75 Å². The van der Waals surface area contributed by atoms with E-state index < -0.39 is 0 Å². The smallest absolute Gasteiger partial charge is 0.330 e. The summed E-state index contributed by atoms with van der Waals surface area (Å²) in [5.41, 5.74) is 8.69. The van der Waals surface area contributed by atoms with E-state index in [9.17, 15) is 4.79 Å². The zero-order chi connectivity index (χ0) is 17.2. The molecular weight excluding hydrogens is 302 g/mol. The number of benzene rings is 2. The third-order valence-corrected chi connectivity index (χ3v) is 3.44. The van der Waals surface area contributed by atoms with Gasteiger partial charge in [0.05, 0.1) is 18.9 Å². The summed E-state index contributed by atoms with van der Waals surface area (Å²) < 4.78 is 10.6. The molecule has 0 amide bonds. The minimum Gasteiger partial charge on any atom is -0.491 e. The molecule has 0 aromatic heterocycles. The number of nitrogen functional groups attached to an aromatic ring is 1. The van der Waals surface area contributed by atoms with E-state index in [4.69, 9.17) is 15.2 Å². The van der Waals surface area contributed by atoms with Crippen molar-refractivity contribution >= 4 is 17.7 Å². The van der Waals surface area contributed by atoms with Gasteiger partial charge in [-0.05, 0) is 49.1 Å². The molecule has 0 aliphatic carbocycles. The Bertz CT molecular complexity index is 681. The Kier molecular flexibility index (Phi) is 6.90. The first-order chi connectivity index (χ1) is 11.7. The van der Waals surface area contributed by atoms with Crippen molar-refractivity contribution in [3.05, 3.63) is 65.7 Å². The largest absolute Gasteiger partial charge is 0.491 e. The van der Waals surface area contributed by atoms with Crippen molar-refractivity contribution < 1.29 is 14.3 Å². The molecule has 2 aromatic carbocycles. The fourth-order valence-electron chi connectivity index (χ4n) is 2.26. The predicted octanol–water partition coefficient (Wildman–Crippen LogP) is 3.86. The molecular formula is C20H23NO3. The van der Waals surface area contributed by atoms with Crippen LogP contribution in [0.4, 0.5) is 5.69 Å². The lowest BCUT2D eigenvalue weighted by atomic mass is 10.1. The lowest BCUT2D eigenvalue weighted by Gasteiger charge is -2.09. The van der Waals surface area contributed by atoms with Gasteiger partial charge in [-0.2, -0.15) is 0 Å². The first kappa shape index (κ1) is 17.6. The highest BCUT2D eigenvalue weighted by Crippen LogP contribution is 2.23. The van der Waals surface area contributed by atoms with Crippen molar-refractivity contribution in [2.45, 2.75) is 19.8 Å². The molecule has 126 valence electrons. The highest BCUT2D eigenvalue weighted by molar-refractivity contribution is 5.87. The molecule has 4 nitrogen and oxygen atoms in total. The molecule has 24 heavy (non-hydrogen) atoms. The van der Waals surface area contributed by atoms with E-state index in [2.05, 4.69) is 12.1 Å². The molecule has 0 aliphatic heterocycles. The number of hydrogen-bond donors (Lipinski definition) is 1. The predicted molar refractivity (Wildman–Crippen MR) is 96.8 cm³/mol. The van der Waals surface area contributed by atoms with Crippen molar-refractivity contribution in [3.63, 3.8) is 0 Å². The minimum atomic E-state index is -0.364. The zero-order valence-electron chi connectivity index (χ0n) is 13.9. The van der Waals surface area contributed by atoms with Crippen molar-refractivity contribution in [3.8, 4) is 5.75 Å². The molecule has 2 N–H and O–H groups in total. The lowest BCUT2D eigenvalue weighted by molar-refractivity contribution is -0.137. The van der Waals surface area contributed by atoms with E-state index in [-0.39, 0.29) is 5.97 Å². The van der Waals surface area contributed by atoms with Gasteiger partial charge in [0.25, 0.3) is 0 Å². The maximum Gasteiger partial charge on any atom is 0.330 e. The maximum atomic E-state index is 11.3. The third kappa shape index (κ3) is 5.80. The van der Waals surface area contributed by atoms with E-state index in [1.54, 1.807) is 19.1 Å². The molecule has 4 heteroatoms. The SMILES string of the molecule is CCOC(=O)C=Cc1ccc(OCCCc2ccccc2)c(N)c1. The third-order valence-electron chi connectivity index (χ3n) is 3.44. The van der Waals surface area contributed by atoms with Crippen LogP contribution in [-0.4, -0.2) is 19.2 Å². The monoisotopic (exact) mass is 325 g/mol. The highest BCUT2D eigenvalue weighted by Gasteiger charge is 2.02. The summed E-state index contributed by atoms with van der Waals surface area (Å²) in [5, 5.41) is 0. The van der Waals surface area contributed by atoms with Crippen LogP contribution in [0.15, 0.2) is 54.6 Å². The Hall–Kier alpha value is -2.75. The van der Waals surface area contributed by atoms with Gasteiger partial charge >= 0.3 is 5.97 Å². The molecule has 0 spiro atoms. The topological polar surface area (TPSA) is 61.5 Å². The van der Waals surface area contributed by atoms with Crippen LogP contribution in [0.2, 0.25) is 0 Å². The van der Waals surface area contributed by atoms with Gasteiger partial charge in [0.15, 0.2) is 0 Å². The molecule has 0 atom stereocenters. The fourth-order valence-corrected chi connectivity index (χ4v) is 2.26. The second-order valence-electron chi connectivity index (χ2n) is 5.32. The molecule has 0 aliphatic rings. The van der Waals surface area contributed by atoms with Crippen molar-refractivity contribution in [1.82, 2.24) is 0 Å². The molecule has 0 unspecified atom stereocenters. The number of aryl methyl sites for hydroxylation is 1. The Morgan fingerprint density at radius 2 is 1.96 bits per heavy atom. The summed E-state index contributed by atoms with van der Waals surface area (Å²) in [6.45, 7) is 2.74. The van der Waals surface area contributed by atoms with Gasteiger partial charge in [-0.15, -0.1) is 0 Å². The Morgan fingerprint density at radius 1 is 1.17 bits per heavy atom. The van der Waals surface area contributed by atoms with Gasteiger partial charge in [0.1, 0.15) is 5.75 Å². The molecule has 0 saturated heterocycles. The zero-order valence-corrected chi connectivity index (χ0v) is 13.9. The number of rotatable bonds is 8. The number of carbonyl (C=O) groups excluding carboxylic acids is 1. The van der Waals surface area contributed by atoms with Crippen LogP contribution in [0.1, 0.15) is 24.5 Å². The Labute approximate surface area is 142 Å². The van der Waals surface area contributed by atoms with Crippen LogP contribution in [0.25, 0.3) is 6.08 Å². The van der Waals surface area contributed by atoms with Gasteiger partial charge < -0.3 is 15.2 Å². The number of carbonyl (C=O) groups is 1. The molecule has 0 radical (unpaired) electrons. The number of esters is 1. The van der Waals surface area contributed by atoms with E-state index in [0.717, 1.165) is 18.4 Å². The number of nitrogens with two attached hydrogens (primary N) is 1. The molecule has 0 bridgehead atoms. The molecule has 0 saturated carbocycles. The molecule has 0 heterocycles. The van der Waals surface area contributed by atoms with Gasteiger partial charge in [-0.1, -0.05) is 36.4 Å². The second kappa shape index (κ2) is 9.40. The number of hydrogen-bond acceptors (Lipinski definition) is 4. The lowest BCUT2D eigenvalue weighted by Crippen LogP contribution is -2.02. The van der Waals surface area contributed by atoms with E-state index in [1.807, 2.05) is 30.3 Å². The summed E-state index contributed by atoms with van der Waals surface area (Å²) in [5.74, 6) is 0.300. The number of anilines is 1. The van der Waals surface area contributed by atoms with Crippen LogP contribution in [0, 0.1) is 0 Å². The summed E-state index contributed by atoms with van der Waals surface area (Å²) >= 11 is 0. The van der Waals surface area contributed by atoms with Crippen molar-refractivity contribution in [1.29, 1.82) is 0 Å². The molecule has 2 rings (SSSR count). The normalized spacial score (nSPS) is 10.7. The van der Waals surface area contributed by atoms with Gasteiger partial charge in [0, 0.05) is 6.08 Å². The molecule has 2 aromatic rings. The summed E-state index contributed by atoms with van der Waals surface area (Å²) in [6, 6.07) is 15.8. The average Bonchev–Trinajstić information content (AvgIpc) is 2.59. The van der Waals surface area contributed by atoms with Gasteiger partial charge in [0.2, 0.25) is 0 Å². The van der Waals surface area contributed by atoms with E-state index >= 15 is 0 Å². The Balaban J connectivity index is 1.82. The fraction of sp³-hybridized carbons (Fsp3) is 0.250. The maximum absolute atomic E-state index is 11.3. The van der Waals surface area contributed by atoms with E-state index in [1.165, 1.54) is 11.6 Å². The summed E-state index contributed by atoms with van der Waals surface area (Å²) in [7, 11) is 0. The Morgan fingerprint density at radius 3 is 2.67 bits per heavy atom. The first-order valence-electron chi connectivity index (χ1n) is 8.10. The van der Waals surface area contributed by atoms with Gasteiger partial charge in [-0.3, -0.25) is 0 Å². The van der Waals surface area contributed by atoms with Crippen molar-refractivity contribution in [2.24, 2.45) is 0 Å². The van der Waals surface area contributed by atoms with Crippen LogP contribution in [-0.2, 0) is 16.0 Å². The van der Waals surface area contributed by atoms with Gasteiger partial charge in [-0.25, -0.2) is 4.79 Å². The van der Waals surface area contributed by atoms with Crippen molar-refractivity contribution in [2.75, 3.05) is 18.9 Å². The van der Waals surface area contributed by atoms with E-state index in [0.29, 0.717) is 24.7 Å².